The van der Waals surface area contributed by atoms with Crippen LogP contribution in [-0.4, -0.2) is 22.3 Å². The smallest absolute Gasteiger partial charge is 0.316 e. The Labute approximate surface area is 138 Å². The fourth-order valence-electron chi connectivity index (χ4n) is 3.04. The Hall–Kier alpha value is -3.25. The molecule has 4 rings (SSSR count). The largest absolute Gasteiger partial charge is 0.369 e. The van der Waals surface area contributed by atoms with E-state index in [2.05, 4.69) is 15.6 Å². The Kier molecular flexibility index (Phi) is 3.25. The van der Waals surface area contributed by atoms with Crippen LogP contribution in [0.15, 0.2) is 48.7 Å². The normalized spacial score (nSPS) is 17.7. The van der Waals surface area contributed by atoms with Gasteiger partial charge in [-0.1, -0.05) is 18.2 Å². The molecule has 120 valence electrons. The number of H-pyrrole nitrogens is 1. The summed E-state index contributed by atoms with van der Waals surface area (Å²) in [6, 6.07) is 12.7. The van der Waals surface area contributed by atoms with Gasteiger partial charge in [0.1, 0.15) is 0 Å². The lowest BCUT2D eigenvalue weighted by Crippen LogP contribution is -2.19. The van der Waals surface area contributed by atoms with Crippen molar-refractivity contribution in [1.82, 2.24) is 4.98 Å². The predicted molar refractivity (Wildman–Crippen MR) is 95.4 cm³/mol. The number of benzene rings is 2. The number of carbonyl (C=O) groups excluding carboxylic acids is 1. The average Bonchev–Trinajstić information content (AvgIpc) is 3.09. The number of primary amides is 1. The van der Waals surface area contributed by atoms with Gasteiger partial charge in [-0.2, -0.15) is 0 Å². The van der Waals surface area contributed by atoms with E-state index >= 15 is 0 Å². The highest BCUT2D eigenvalue weighted by Gasteiger charge is 2.23. The molecule has 2 heterocycles. The number of nitrogens with two attached hydrogens (primary N) is 1. The third-order valence-corrected chi connectivity index (χ3v) is 4.12. The standard InChI is InChI=1S/C18H16N4O2/c19-18(24)21-11-5-6-15-13(8-11)10(9-20-15)7-14-12-3-1-2-4-16(12)22-17(14)23/h1-9,17,20,22-23H,(H3,19,21,24). The van der Waals surface area contributed by atoms with Crippen LogP contribution in [-0.2, 0) is 0 Å². The van der Waals surface area contributed by atoms with E-state index in [1.807, 2.05) is 48.7 Å². The van der Waals surface area contributed by atoms with Crippen LogP contribution in [0, 0.1) is 0 Å². The summed E-state index contributed by atoms with van der Waals surface area (Å²) in [5.74, 6) is 0. The number of amides is 2. The van der Waals surface area contributed by atoms with Gasteiger partial charge in [0.2, 0.25) is 0 Å². The molecule has 0 aliphatic carbocycles. The molecule has 3 aromatic rings. The number of fused-ring (bicyclic) bond motifs is 2. The van der Waals surface area contributed by atoms with Crippen molar-refractivity contribution in [1.29, 1.82) is 0 Å². The number of hydrogen-bond acceptors (Lipinski definition) is 3. The molecule has 0 saturated carbocycles. The second-order valence-corrected chi connectivity index (χ2v) is 5.69. The summed E-state index contributed by atoms with van der Waals surface area (Å²) >= 11 is 0. The molecule has 2 aromatic carbocycles. The molecule has 1 aliphatic heterocycles. The van der Waals surface area contributed by atoms with Gasteiger partial charge in [0.25, 0.3) is 0 Å². The van der Waals surface area contributed by atoms with Crippen molar-refractivity contribution < 1.29 is 9.90 Å². The van der Waals surface area contributed by atoms with Crippen molar-refractivity contribution in [3.63, 3.8) is 0 Å². The summed E-state index contributed by atoms with van der Waals surface area (Å²) < 4.78 is 0. The van der Waals surface area contributed by atoms with Gasteiger partial charge in [-0.25, -0.2) is 4.79 Å². The summed E-state index contributed by atoms with van der Waals surface area (Å²) in [5.41, 5.74) is 10.3. The minimum atomic E-state index is -0.751. The molecule has 0 saturated heterocycles. The van der Waals surface area contributed by atoms with E-state index in [9.17, 15) is 9.90 Å². The van der Waals surface area contributed by atoms with Crippen LogP contribution in [0.5, 0.6) is 0 Å². The Morgan fingerprint density at radius 2 is 2.08 bits per heavy atom. The summed E-state index contributed by atoms with van der Waals surface area (Å²) in [5, 5.41) is 16.9. The maximum atomic E-state index is 11.0. The first-order chi connectivity index (χ1) is 11.6. The van der Waals surface area contributed by atoms with Crippen LogP contribution in [0.2, 0.25) is 0 Å². The molecule has 6 nitrogen and oxygen atoms in total. The molecule has 1 atom stereocenters. The van der Waals surface area contributed by atoms with Crippen molar-refractivity contribution >= 4 is 40.0 Å². The molecule has 0 fully saturated rings. The van der Waals surface area contributed by atoms with Gasteiger partial charge in [-0.15, -0.1) is 0 Å². The van der Waals surface area contributed by atoms with Crippen LogP contribution >= 0.6 is 0 Å². The predicted octanol–water partition coefficient (Wildman–Crippen LogP) is 2.94. The van der Waals surface area contributed by atoms with E-state index in [4.69, 9.17) is 5.73 Å². The van der Waals surface area contributed by atoms with E-state index in [0.717, 1.165) is 33.3 Å². The van der Waals surface area contributed by atoms with Crippen LogP contribution in [0.4, 0.5) is 16.2 Å². The first-order valence-corrected chi connectivity index (χ1v) is 7.55. The minimum absolute atomic E-state index is 0.603. The third-order valence-electron chi connectivity index (χ3n) is 4.12. The van der Waals surface area contributed by atoms with Gasteiger partial charge in [0, 0.05) is 45.2 Å². The Balaban J connectivity index is 1.81. The van der Waals surface area contributed by atoms with Crippen LogP contribution in [0.1, 0.15) is 11.1 Å². The molecule has 0 bridgehead atoms. The van der Waals surface area contributed by atoms with Crippen molar-refractivity contribution in [2.45, 2.75) is 6.23 Å². The minimum Gasteiger partial charge on any atom is -0.369 e. The van der Waals surface area contributed by atoms with E-state index in [1.165, 1.54) is 0 Å². The number of aromatic nitrogens is 1. The SMILES string of the molecule is NC(=O)Nc1ccc2[nH]cc(C=C3c4ccccc4NC3O)c2c1. The van der Waals surface area contributed by atoms with Gasteiger partial charge in [0.15, 0.2) is 6.23 Å². The van der Waals surface area contributed by atoms with Crippen LogP contribution in [0.3, 0.4) is 0 Å². The number of rotatable bonds is 2. The summed E-state index contributed by atoms with van der Waals surface area (Å²) in [7, 11) is 0. The van der Waals surface area contributed by atoms with Crippen molar-refractivity contribution in [2.24, 2.45) is 5.73 Å². The number of aliphatic hydroxyl groups excluding tert-OH is 1. The molecule has 6 N–H and O–H groups in total. The zero-order valence-electron chi connectivity index (χ0n) is 12.7. The van der Waals surface area contributed by atoms with Gasteiger partial charge < -0.3 is 26.5 Å². The molecule has 1 aliphatic rings. The van der Waals surface area contributed by atoms with Crippen molar-refractivity contribution in [3.8, 4) is 0 Å². The number of hydrogen-bond donors (Lipinski definition) is 5. The van der Waals surface area contributed by atoms with Gasteiger partial charge in [-0.3, -0.25) is 0 Å². The number of aliphatic hydroxyl groups is 1. The number of carbonyl (C=O) groups is 1. The van der Waals surface area contributed by atoms with Gasteiger partial charge in [0.05, 0.1) is 0 Å². The molecular formula is C18H16N4O2. The Morgan fingerprint density at radius 3 is 2.92 bits per heavy atom. The number of urea groups is 1. The second kappa shape index (κ2) is 5.43. The maximum Gasteiger partial charge on any atom is 0.316 e. The highest BCUT2D eigenvalue weighted by molar-refractivity contribution is 6.01. The fraction of sp³-hybridized carbons (Fsp3) is 0.0556. The van der Waals surface area contributed by atoms with E-state index in [1.54, 1.807) is 6.07 Å². The first kappa shape index (κ1) is 14.3. The van der Waals surface area contributed by atoms with E-state index < -0.39 is 12.3 Å². The average molecular weight is 320 g/mol. The highest BCUT2D eigenvalue weighted by atomic mass is 16.3. The van der Waals surface area contributed by atoms with E-state index in [-0.39, 0.29) is 0 Å². The molecule has 1 aromatic heterocycles. The molecule has 24 heavy (non-hydrogen) atoms. The lowest BCUT2D eigenvalue weighted by molar-refractivity contribution is 0.259. The Morgan fingerprint density at radius 1 is 1.25 bits per heavy atom. The molecule has 0 radical (unpaired) electrons. The molecular weight excluding hydrogens is 304 g/mol. The highest BCUT2D eigenvalue weighted by Crippen LogP contribution is 2.36. The third kappa shape index (κ3) is 2.39. The number of aromatic amines is 1. The summed E-state index contributed by atoms with van der Waals surface area (Å²) in [6.07, 6.45) is 3.06. The van der Waals surface area contributed by atoms with Crippen LogP contribution < -0.4 is 16.4 Å². The fourth-order valence-corrected chi connectivity index (χ4v) is 3.04. The molecule has 0 spiro atoms. The molecule has 1 unspecified atom stereocenters. The molecule has 6 heteroatoms. The van der Waals surface area contributed by atoms with Gasteiger partial charge >= 0.3 is 6.03 Å². The van der Waals surface area contributed by atoms with E-state index in [0.29, 0.717) is 5.69 Å². The zero-order valence-corrected chi connectivity index (χ0v) is 12.7. The lowest BCUT2D eigenvalue weighted by atomic mass is 10.0. The van der Waals surface area contributed by atoms with Crippen molar-refractivity contribution in [3.05, 3.63) is 59.8 Å². The lowest BCUT2D eigenvalue weighted by Gasteiger charge is -2.05. The first-order valence-electron chi connectivity index (χ1n) is 7.55. The van der Waals surface area contributed by atoms with Crippen molar-refractivity contribution in [2.75, 3.05) is 10.6 Å². The topological polar surface area (TPSA) is 103 Å². The zero-order chi connectivity index (χ0) is 16.7. The number of para-hydroxylation sites is 1. The maximum absolute atomic E-state index is 11.0. The Bertz CT molecular complexity index is 974. The summed E-state index contributed by atoms with van der Waals surface area (Å²) in [4.78, 5) is 14.2. The monoisotopic (exact) mass is 320 g/mol. The number of anilines is 2. The number of nitrogens with one attached hydrogen (secondary N) is 3. The second-order valence-electron chi connectivity index (χ2n) is 5.69. The molecule has 2 amide bonds. The van der Waals surface area contributed by atoms with Gasteiger partial charge in [-0.05, 0) is 30.3 Å². The van der Waals surface area contributed by atoms with Crippen LogP contribution in [0.25, 0.3) is 22.6 Å². The quantitative estimate of drug-likeness (QED) is 0.501. The summed E-state index contributed by atoms with van der Waals surface area (Å²) in [6.45, 7) is 0.